The van der Waals surface area contributed by atoms with Gasteiger partial charge < -0.3 is 11.1 Å². The fourth-order valence-electron chi connectivity index (χ4n) is 1.73. The summed E-state index contributed by atoms with van der Waals surface area (Å²) in [5.41, 5.74) is 6.85. The number of carbonyl (C=O) groups excluding carboxylic acids is 1. The van der Waals surface area contributed by atoms with Gasteiger partial charge in [0, 0.05) is 5.41 Å². The highest BCUT2D eigenvalue weighted by Crippen LogP contribution is 2.15. The van der Waals surface area contributed by atoms with Crippen LogP contribution < -0.4 is 11.1 Å². The molecule has 1 atom stereocenters. The van der Waals surface area contributed by atoms with E-state index in [-0.39, 0.29) is 11.4 Å². The number of rotatable bonds is 3. The lowest BCUT2D eigenvalue weighted by atomic mass is 10.2. The van der Waals surface area contributed by atoms with Crippen molar-refractivity contribution in [3.05, 3.63) is 22.9 Å². The van der Waals surface area contributed by atoms with Crippen LogP contribution in [-0.4, -0.2) is 36.3 Å². The average molecular weight is 270 g/mol. The Morgan fingerprint density at radius 3 is 2.89 bits per heavy atom. The second-order valence-electron chi connectivity index (χ2n) is 4.06. The molecule has 0 aliphatic carbocycles. The van der Waals surface area contributed by atoms with E-state index < -0.39 is 21.8 Å². The first-order chi connectivity index (χ1) is 8.43. The lowest BCUT2D eigenvalue weighted by Crippen LogP contribution is -2.36. The molecule has 1 aromatic rings. The number of nitrogens with one attached hydrogen (secondary N) is 2. The first-order valence-electron chi connectivity index (χ1n) is 5.47. The largest absolute Gasteiger partial charge is 0.395 e. The Kier molecular flexibility index (Phi) is 3.12. The molecular weight excluding hydrogens is 256 g/mol. The van der Waals surface area contributed by atoms with E-state index in [1.165, 1.54) is 6.08 Å². The van der Waals surface area contributed by atoms with Crippen LogP contribution in [0.15, 0.2) is 11.5 Å². The van der Waals surface area contributed by atoms with Gasteiger partial charge in [0.05, 0.1) is 23.2 Å². The Morgan fingerprint density at radius 1 is 1.67 bits per heavy atom. The lowest BCUT2D eigenvalue weighted by Gasteiger charge is -2.08. The number of hydrogen-bond donors (Lipinski definition) is 3. The summed E-state index contributed by atoms with van der Waals surface area (Å²) in [6.07, 6.45) is 2.08. The number of hydrogen-bond acceptors (Lipinski definition) is 5. The predicted molar refractivity (Wildman–Crippen MR) is 66.6 cm³/mol. The van der Waals surface area contributed by atoms with Crippen LogP contribution in [0.4, 0.5) is 5.69 Å². The van der Waals surface area contributed by atoms with E-state index in [1.54, 1.807) is 0 Å². The SMILES string of the molecule is CCc1[nH]nc(C(=O)NC2C=CS(=O)(=O)C2)c1N. The maximum Gasteiger partial charge on any atom is 0.274 e. The summed E-state index contributed by atoms with van der Waals surface area (Å²) in [5, 5.41) is 10.2. The number of aryl methyl sites for hydroxylation is 1. The summed E-state index contributed by atoms with van der Waals surface area (Å²) < 4.78 is 22.4. The molecule has 0 aromatic carbocycles. The number of nitrogen functional groups attached to an aromatic ring is 1. The zero-order valence-electron chi connectivity index (χ0n) is 9.80. The number of nitrogens with two attached hydrogens (primary N) is 1. The fourth-order valence-corrected chi connectivity index (χ4v) is 2.97. The van der Waals surface area contributed by atoms with E-state index in [0.717, 1.165) is 5.41 Å². The van der Waals surface area contributed by atoms with Gasteiger partial charge in [0.25, 0.3) is 5.91 Å². The monoisotopic (exact) mass is 270 g/mol. The fraction of sp³-hybridized carbons (Fsp3) is 0.400. The summed E-state index contributed by atoms with van der Waals surface area (Å²) in [6, 6.07) is -0.524. The lowest BCUT2D eigenvalue weighted by molar-refractivity contribution is 0.0943. The van der Waals surface area contributed by atoms with Crippen LogP contribution in [0.3, 0.4) is 0 Å². The van der Waals surface area contributed by atoms with Gasteiger partial charge in [-0.2, -0.15) is 5.10 Å². The van der Waals surface area contributed by atoms with Crippen molar-refractivity contribution in [2.24, 2.45) is 0 Å². The standard InChI is InChI=1S/C10H14N4O3S/c1-2-7-8(11)9(14-13-7)10(15)12-6-3-4-18(16,17)5-6/h3-4,6H,2,5,11H2,1H3,(H,12,15)(H,13,14). The van der Waals surface area contributed by atoms with Gasteiger partial charge in [-0.3, -0.25) is 9.89 Å². The molecule has 18 heavy (non-hydrogen) atoms. The highest BCUT2D eigenvalue weighted by atomic mass is 32.2. The summed E-state index contributed by atoms with van der Waals surface area (Å²) in [4.78, 5) is 11.9. The molecule has 1 aromatic heterocycles. The van der Waals surface area contributed by atoms with Crippen molar-refractivity contribution in [2.45, 2.75) is 19.4 Å². The number of H-pyrrole nitrogens is 1. The minimum Gasteiger partial charge on any atom is -0.395 e. The Balaban J connectivity index is 2.09. The second kappa shape index (κ2) is 4.45. The van der Waals surface area contributed by atoms with Crippen molar-refractivity contribution < 1.29 is 13.2 Å². The van der Waals surface area contributed by atoms with E-state index in [2.05, 4.69) is 15.5 Å². The van der Waals surface area contributed by atoms with Crippen LogP contribution in [-0.2, 0) is 16.3 Å². The molecule has 4 N–H and O–H groups in total. The van der Waals surface area contributed by atoms with E-state index in [4.69, 9.17) is 5.73 Å². The summed E-state index contributed by atoms with van der Waals surface area (Å²) in [6.45, 7) is 1.89. The summed E-state index contributed by atoms with van der Waals surface area (Å²) in [5.74, 6) is -0.598. The van der Waals surface area contributed by atoms with Crippen LogP contribution in [0.2, 0.25) is 0 Å². The molecule has 1 aliphatic rings. The second-order valence-corrected chi connectivity index (χ2v) is 5.99. The smallest absolute Gasteiger partial charge is 0.274 e. The van der Waals surface area contributed by atoms with Gasteiger partial charge >= 0.3 is 0 Å². The van der Waals surface area contributed by atoms with Crippen molar-refractivity contribution in [3.8, 4) is 0 Å². The number of aromatic amines is 1. The third-order valence-electron chi connectivity index (χ3n) is 2.70. The minimum absolute atomic E-state index is 0.101. The molecule has 0 saturated carbocycles. The number of sulfone groups is 1. The number of aromatic nitrogens is 2. The van der Waals surface area contributed by atoms with E-state index in [9.17, 15) is 13.2 Å². The minimum atomic E-state index is -3.19. The quantitative estimate of drug-likeness (QED) is 0.690. The van der Waals surface area contributed by atoms with Crippen LogP contribution >= 0.6 is 0 Å². The molecular formula is C10H14N4O3S. The van der Waals surface area contributed by atoms with Crippen molar-refractivity contribution in [3.63, 3.8) is 0 Å². The van der Waals surface area contributed by atoms with Crippen molar-refractivity contribution in [1.82, 2.24) is 15.5 Å². The number of anilines is 1. The normalized spacial score (nSPS) is 21.1. The topological polar surface area (TPSA) is 118 Å². The maximum atomic E-state index is 11.9. The number of amides is 1. The van der Waals surface area contributed by atoms with E-state index in [1.807, 2.05) is 6.92 Å². The molecule has 0 fully saturated rings. The molecule has 0 saturated heterocycles. The van der Waals surface area contributed by atoms with E-state index in [0.29, 0.717) is 17.8 Å². The molecule has 8 heteroatoms. The molecule has 1 aliphatic heterocycles. The predicted octanol–water partition coefficient (Wildman–Crippen LogP) is -0.405. The highest BCUT2D eigenvalue weighted by molar-refractivity contribution is 7.94. The molecule has 0 radical (unpaired) electrons. The number of nitrogens with zero attached hydrogens (tertiary/aromatic N) is 1. The van der Waals surface area contributed by atoms with Gasteiger partial charge in [0.15, 0.2) is 15.5 Å². The molecule has 1 unspecified atom stereocenters. The summed E-state index contributed by atoms with van der Waals surface area (Å²) in [7, 11) is -3.19. The highest BCUT2D eigenvalue weighted by Gasteiger charge is 2.25. The van der Waals surface area contributed by atoms with Crippen LogP contribution in [0.1, 0.15) is 23.1 Å². The Labute approximate surface area is 104 Å². The van der Waals surface area contributed by atoms with Crippen molar-refractivity contribution >= 4 is 21.4 Å². The van der Waals surface area contributed by atoms with Crippen molar-refractivity contribution in [2.75, 3.05) is 11.5 Å². The van der Waals surface area contributed by atoms with Gasteiger partial charge in [-0.25, -0.2) is 8.42 Å². The van der Waals surface area contributed by atoms with Crippen molar-refractivity contribution in [1.29, 1.82) is 0 Å². The van der Waals surface area contributed by atoms with Crippen LogP contribution in [0, 0.1) is 0 Å². The molecule has 2 heterocycles. The van der Waals surface area contributed by atoms with Gasteiger partial charge in [-0.05, 0) is 12.5 Å². The van der Waals surface area contributed by atoms with Gasteiger partial charge in [-0.1, -0.05) is 6.92 Å². The van der Waals surface area contributed by atoms with Crippen LogP contribution in [0.25, 0.3) is 0 Å². The third kappa shape index (κ3) is 2.37. The Bertz CT molecular complexity index is 603. The first-order valence-corrected chi connectivity index (χ1v) is 7.19. The van der Waals surface area contributed by atoms with Gasteiger partial charge in [-0.15, -0.1) is 0 Å². The number of carbonyl (C=O) groups is 1. The molecule has 1 amide bonds. The summed E-state index contributed by atoms with van der Waals surface area (Å²) >= 11 is 0. The average Bonchev–Trinajstić information content (AvgIpc) is 2.81. The van der Waals surface area contributed by atoms with Gasteiger partial charge in [0.2, 0.25) is 0 Å². The van der Waals surface area contributed by atoms with Crippen LogP contribution in [0.5, 0.6) is 0 Å². The Hall–Kier alpha value is -1.83. The molecule has 98 valence electrons. The van der Waals surface area contributed by atoms with Gasteiger partial charge in [0.1, 0.15) is 0 Å². The third-order valence-corrected chi connectivity index (χ3v) is 4.09. The molecule has 0 bridgehead atoms. The molecule has 2 rings (SSSR count). The zero-order valence-corrected chi connectivity index (χ0v) is 10.6. The first kappa shape index (κ1) is 12.6. The maximum absolute atomic E-state index is 11.9. The Morgan fingerprint density at radius 2 is 2.39 bits per heavy atom. The molecule has 0 spiro atoms. The van der Waals surface area contributed by atoms with E-state index >= 15 is 0 Å². The molecule has 7 nitrogen and oxygen atoms in total. The zero-order chi connectivity index (χ0) is 13.3.